The summed E-state index contributed by atoms with van der Waals surface area (Å²) < 4.78 is 4.54. The number of carbonyl (C=O) groups excluding carboxylic acids is 2. The Hall–Kier alpha value is -2.86. The molecule has 2 aromatic carbocycles. The monoisotopic (exact) mass is 344 g/mol. The van der Waals surface area contributed by atoms with Gasteiger partial charge in [-0.2, -0.15) is 0 Å². The van der Waals surface area contributed by atoms with Gasteiger partial charge in [0.1, 0.15) is 0 Å². The summed E-state index contributed by atoms with van der Waals surface area (Å²) >= 11 is 0. The van der Waals surface area contributed by atoms with Crippen LogP contribution in [0, 0.1) is 0 Å². The fraction of sp³-hybridized carbons (Fsp3) is 0.263. The number of nitrogens with one attached hydrogen (secondary N) is 2. The first-order chi connectivity index (χ1) is 12.0. The van der Waals surface area contributed by atoms with Crippen LogP contribution in [0.3, 0.4) is 0 Å². The Morgan fingerprint density at radius 2 is 1.76 bits per heavy atom. The molecule has 0 heterocycles. The standard InChI is InChI=1S/C10H11NO3.C9H13NO/c1-7(12)11-9-5-3-4-8(6-9)10(13)14-2;1-2-10-9-5-3-4-8(6-9)7-11/h3-6H,1-2H3,(H,11,12);3-6,10-11H,2,7H2,1H3. The second kappa shape index (κ2) is 10.8. The summed E-state index contributed by atoms with van der Waals surface area (Å²) in [4.78, 5) is 21.9. The van der Waals surface area contributed by atoms with Crippen LogP contribution in [0.5, 0.6) is 0 Å². The minimum Gasteiger partial charge on any atom is -0.465 e. The topological polar surface area (TPSA) is 87.7 Å². The number of ether oxygens (including phenoxy) is 1. The normalized spacial score (nSPS) is 9.44. The molecule has 6 nitrogen and oxygen atoms in total. The average molecular weight is 344 g/mol. The van der Waals surface area contributed by atoms with E-state index in [4.69, 9.17) is 5.11 Å². The van der Waals surface area contributed by atoms with Crippen molar-refractivity contribution in [2.45, 2.75) is 20.5 Å². The zero-order valence-corrected chi connectivity index (χ0v) is 14.7. The maximum absolute atomic E-state index is 11.1. The summed E-state index contributed by atoms with van der Waals surface area (Å²) in [6.07, 6.45) is 0. The highest BCUT2D eigenvalue weighted by Crippen LogP contribution is 2.11. The van der Waals surface area contributed by atoms with E-state index in [-0.39, 0.29) is 12.5 Å². The van der Waals surface area contributed by atoms with E-state index < -0.39 is 5.97 Å². The van der Waals surface area contributed by atoms with Gasteiger partial charge in [0.05, 0.1) is 19.3 Å². The van der Waals surface area contributed by atoms with Crippen LogP contribution in [-0.2, 0) is 16.1 Å². The molecular weight excluding hydrogens is 320 g/mol. The Bertz CT molecular complexity index is 701. The molecule has 1 amide bonds. The first-order valence-corrected chi connectivity index (χ1v) is 7.89. The number of amides is 1. The van der Waals surface area contributed by atoms with Gasteiger partial charge in [-0.3, -0.25) is 4.79 Å². The van der Waals surface area contributed by atoms with Crippen LogP contribution in [0.4, 0.5) is 11.4 Å². The number of carbonyl (C=O) groups is 2. The SMILES string of the molecule is CCNc1cccc(CO)c1.COC(=O)c1cccc(NC(C)=O)c1. The Morgan fingerprint density at radius 1 is 1.08 bits per heavy atom. The number of aliphatic hydroxyl groups is 1. The zero-order valence-electron chi connectivity index (χ0n) is 14.7. The van der Waals surface area contributed by atoms with Gasteiger partial charge >= 0.3 is 5.97 Å². The molecule has 0 unspecified atom stereocenters. The lowest BCUT2D eigenvalue weighted by molar-refractivity contribution is -0.114. The van der Waals surface area contributed by atoms with Gasteiger partial charge in [0.15, 0.2) is 0 Å². The van der Waals surface area contributed by atoms with Crippen molar-refractivity contribution >= 4 is 23.3 Å². The minimum absolute atomic E-state index is 0.110. The molecule has 0 fully saturated rings. The van der Waals surface area contributed by atoms with E-state index in [2.05, 4.69) is 15.4 Å². The van der Waals surface area contributed by atoms with Crippen LogP contribution in [-0.4, -0.2) is 30.6 Å². The molecule has 0 atom stereocenters. The van der Waals surface area contributed by atoms with Crippen LogP contribution in [0.15, 0.2) is 48.5 Å². The number of anilines is 2. The Morgan fingerprint density at radius 3 is 2.36 bits per heavy atom. The maximum Gasteiger partial charge on any atom is 0.337 e. The van der Waals surface area contributed by atoms with Gasteiger partial charge in [-0.05, 0) is 42.8 Å². The summed E-state index contributed by atoms with van der Waals surface area (Å²) in [5.41, 5.74) is 3.02. The zero-order chi connectivity index (χ0) is 18.7. The maximum atomic E-state index is 11.1. The van der Waals surface area contributed by atoms with Crippen molar-refractivity contribution in [1.82, 2.24) is 0 Å². The first kappa shape index (κ1) is 20.2. The van der Waals surface area contributed by atoms with Crippen LogP contribution in [0.1, 0.15) is 29.8 Å². The van der Waals surface area contributed by atoms with E-state index in [0.717, 1.165) is 17.8 Å². The molecule has 0 aromatic heterocycles. The number of hydrogen-bond donors (Lipinski definition) is 3. The third-order valence-electron chi connectivity index (χ3n) is 3.09. The highest BCUT2D eigenvalue weighted by atomic mass is 16.5. The third-order valence-corrected chi connectivity index (χ3v) is 3.09. The van der Waals surface area contributed by atoms with Gasteiger partial charge in [0.2, 0.25) is 5.91 Å². The molecule has 0 aliphatic heterocycles. The molecule has 0 aliphatic rings. The van der Waals surface area contributed by atoms with Crippen LogP contribution < -0.4 is 10.6 Å². The van der Waals surface area contributed by atoms with E-state index in [1.165, 1.54) is 14.0 Å². The lowest BCUT2D eigenvalue weighted by Gasteiger charge is -2.03. The van der Waals surface area contributed by atoms with E-state index in [1.54, 1.807) is 24.3 Å². The summed E-state index contributed by atoms with van der Waals surface area (Å²) in [6, 6.07) is 14.3. The molecule has 0 bridgehead atoms. The van der Waals surface area contributed by atoms with Gasteiger partial charge < -0.3 is 20.5 Å². The van der Waals surface area contributed by atoms with Crippen molar-refractivity contribution in [1.29, 1.82) is 0 Å². The summed E-state index contributed by atoms with van der Waals surface area (Å²) in [5, 5.41) is 14.6. The number of methoxy groups -OCH3 is 1. The number of rotatable bonds is 5. The van der Waals surface area contributed by atoms with Crippen LogP contribution in [0.25, 0.3) is 0 Å². The van der Waals surface area contributed by atoms with E-state index in [0.29, 0.717) is 11.3 Å². The molecule has 0 spiro atoms. The van der Waals surface area contributed by atoms with Gasteiger partial charge in [0.25, 0.3) is 0 Å². The van der Waals surface area contributed by atoms with E-state index >= 15 is 0 Å². The van der Waals surface area contributed by atoms with E-state index in [1.807, 2.05) is 31.2 Å². The third kappa shape index (κ3) is 7.50. The lowest BCUT2D eigenvalue weighted by atomic mass is 10.2. The van der Waals surface area contributed by atoms with Crippen molar-refractivity contribution in [2.75, 3.05) is 24.3 Å². The number of esters is 1. The number of hydrogen-bond acceptors (Lipinski definition) is 5. The molecule has 6 heteroatoms. The molecule has 0 saturated carbocycles. The van der Waals surface area contributed by atoms with Crippen molar-refractivity contribution in [3.05, 3.63) is 59.7 Å². The molecule has 25 heavy (non-hydrogen) atoms. The van der Waals surface area contributed by atoms with Crippen molar-refractivity contribution < 1.29 is 19.4 Å². The predicted octanol–water partition coefficient (Wildman–Crippen LogP) is 3.04. The van der Waals surface area contributed by atoms with Gasteiger partial charge in [-0.1, -0.05) is 18.2 Å². The quantitative estimate of drug-likeness (QED) is 0.726. The summed E-state index contributed by atoms with van der Waals surface area (Å²) in [5.74, 6) is -0.593. The molecule has 0 saturated heterocycles. The fourth-order valence-corrected chi connectivity index (χ4v) is 2.03. The lowest BCUT2D eigenvalue weighted by Crippen LogP contribution is -2.07. The predicted molar refractivity (Wildman–Crippen MR) is 98.6 cm³/mol. The van der Waals surface area contributed by atoms with Gasteiger partial charge in [-0.25, -0.2) is 4.79 Å². The van der Waals surface area contributed by atoms with Crippen LogP contribution >= 0.6 is 0 Å². The van der Waals surface area contributed by atoms with Crippen molar-refractivity contribution in [3.63, 3.8) is 0 Å². The highest BCUT2D eigenvalue weighted by Gasteiger charge is 2.05. The summed E-state index contributed by atoms with van der Waals surface area (Å²) in [7, 11) is 1.31. The second-order valence-corrected chi connectivity index (χ2v) is 5.14. The number of benzene rings is 2. The van der Waals surface area contributed by atoms with Gasteiger partial charge in [-0.15, -0.1) is 0 Å². The average Bonchev–Trinajstić information content (AvgIpc) is 2.61. The Kier molecular flexibility index (Phi) is 8.74. The first-order valence-electron chi connectivity index (χ1n) is 7.89. The van der Waals surface area contributed by atoms with Crippen LogP contribution in [0.2, 0.25) is 0 Å². The van der Waals surface area contributed by atoms with Gasteiger partial charge in [0, 0.05) is 24.8 Å². The van der Waals surface area contributed by atoms with Crippen molar-refractivity contribution in [3.8, 4) is 0 Å². The smallest absolute Gasteiger partial charge is 0.337 e. The second-order valence-electron chi connectivity index (χ2n) is 5.14. The molecule has 2 aromatic rings. The highest BCUT2D eigenvalue weighted by molar-refractivity contribution is 5.93. The molecule has 134 valence electrons. The fourth-order valence-electron chi connectivity index (χ4n) is 2.03. The largest absolute Gasteiger partial charge is 0.465 e. The Balaban J connectivity index is 0.000000257. The summed E-state index contributed by atoms with van der Waals surface area (Å²) in [6.45, 7) is 4.48. The number of aliphatic hydroxyl groups excluding tert-OH is 1. The molecule has 0 radical (unpaired) electrons. The molecular formula is C19H24N2O4. The minimum atomic E-state index is -0.419. The van der Waals surface area contributed by atoms with Crippen molar-refractivity contribution in [2.24, 2.45) is 0 Å². The molecule has 2 rings (SSSR count). The Labute approximate surface area is 147 Å². The van der Waals surface area contributed by atoms with E-state index in [9.17, 15) is 9.59 Å². The molecule has 3 N–H and O–H groups in total. The molecule has 0 aliphatic carbocycles.